The number of nitrogens with one attached hydrogen (secondary N) is 2. The summed E-state index contributed by atoms with van der Waals surface area (Å²) in [6, 6.07) is 7.49. The number of nitrogens with zero attached hydrogens (tertiary/aromatic N) is 1. The number of morpholine rings is 1. The SMILES string of the molecule is CCCNC(=O)C(=O)Nc1ccccc1N1CCOCC1. The van der Waals surface area contributed by atoms with E-state index in [4.69, 9.17) is 4.74 Å². The quantitative estimate of drug-likeness (QED) is 0.812. The van der Waals surface area contributed by atoms with Crippen LogP contribution in [-0.4, -0.2) is 44.7 Å². The lowest BCUT2D eigenvalue weighted by Gasteiger charge is -2.30. The number of rotatable bonds is 4. The van der Waals surface area contributed by atoms with E-state index < -0.39 is 11.8 Å². The van der Waals surface area contributed by atoms with E-state index in [2.05, 4.69) is 15.5 Å². The number of ether oxygens (including phenoxy) is 1. The third kappa shape index (κ3) is 4.19. The predicted molar refractivity (Wildman–Crippen MR) is 81.4 cm³/mol. The first-order chi connectivity index (χ1) is 10.2. The van der Waals surface area contributed by atoms with Gasteiger partial charge in [0.1, 0.15) is 0 Å². The number of hydrogen-bond donors (Lipinski definition) is 2. The molecule has 1 aliphatic heterocycles. The van der Waals surface area contributed by atoms with Gasteiger partial charge in [-0.05, 0) is 18.6 Å². The van der Waals surface area contributed by atoms with Crippen molar-refractivity contribution in [3.63, 3.8) is 0 Å². The smallest absolute Gasteiger partial charge is 0.313 e. The Balaban J connectivity index is 2.05. The molecule has 0 unspecified atom stereocenters. The van der Waals surface area contributed by atoms with Crippen LogP contribution in [0.4, 0.5) is 11.4 Å². The van der Waals surface area contributed by atoms with Gasteiger partial charge in [0, 0.05) is 19.6 Å². The Morgan fingerprint density at radius 2 is 1.90 bits per heavy atom. The van der Waals surface area contributed by atoms with Gasteiger partial charge in [-0.2, -0.15) is 0 Å². The summed E-state index contributed by atoms with van der Waals surface area (Å²) in [6.07, 6.45) is 0.795. The molecule has 1 heterocycles. The standard InChI is InChI=1S/C15H21N3O3/c1-2-7-16-14(19)15(20)17-12-5-3-4-6-13(12)18-8-10-21-11-9-18/h3-6H,2,7-11H2,1H3,(H,16,19)(H,17,20). The van der Waals surface area contributed by atoms with Crippen molar-refractivity contribution >= 4 is 23.2 Å². The van der Waals surface area contributed by atoms with Crippen LogP contribution in [0.1, 0.15) is 13.3 Å². The van der Waals surface area contributed by atoms with Gasteiger partial charge in [-0.25, -0.2) is 0 Å². The van der Waals surface area contributed by atoms with Crippen molar-refractivity contribution in [2.75, 3.05) is 43.1 Å². The molecule has 1 saturated heterocycles. The number of anilines is 2. The van der Waals surface area contributed by atoms with E-state index >= 15 is 0 Å². The van der Waals surface area contributed by atoms with Crippen molar-refractivity contribution in [1.82, 2.24) is 5.32 Å². The lowest BCUT2D eigenvalue weighted by atomic mass is 10.2. The molecule has 6 heteroatoms. The number of benzene rings is 1. The van der Waals surface area contributed by atoms with E-state index in [-0.39, 0.29) is 0 Å². The Hall–Kier alpha value is -2.08. The first-order valence-corrected chi connectivity index (χ1v) is 7.23. The van der Waals surface area contributed by atoms with Crippen LogP contribution in [0.5, 0.6) is 0 Å². The van der Waals surface area contributed by atoms with E-state index in [0.717, 1.165) is 25.2 Å². The Kier molecular flexibility index (Phi) is 5.57. The number of carbonyl (C=O) groups is 2. The maximum absolute atomic E-state index is 11.9. The molecule has 0 aliphatic carbocycles. The molecule has 0 aromatic heterocycles. The molecular weight excluding hydrogens is 270 g/mol. The Labute approximate surface area is 124 Å². The number of amides is 2. The average molecular weight is 291 g/mol. The van der Waals surface area contributed by atoms with Crippen LogP contribution < -0.4 is 15.5 Å². The van der Waals surface area contributed by atoms with Crippen molar-refractivity contribution in [1.29, 1.82) is 0 Å². The second-order valence-electron chi connectivity index (χ2n) is 4.83. The molecule has 2 rings (SSSR count). The first kappa shape index (κ1) is 15.3. The minimum absolute atomic E-state index is 0.497. The lowest BCUT2D eigenvalue weighted by Crippen LogP contribution is -2.38. The highest BCUT2D eigenvalue weighted by Crippen LogP contribution is 2.26. The molecule has 6 nitrogen and oxygen atoms in total. The average Bonchev–Trinajstić information content (AvgIpc) is 2.54. The minimum Gasteiger partial charge on any atom is -0.378 e. The highest BCUT2D eigenvalue weighted by Gasteiger charge is 2.18. The van der Waals surface area contributed by atoms with Crippen molar-refractivity contribution in [3.8, 4) is 0 Å². The van der Waals surface area contributed by atoms with Crippen LogP contribution in [-0.2, 0) is 14.3 Å². The Bertz CT molecular complexity index is 499. The summed E-state index contributed by atoms with van der Waals surface area (Å²) in [5, 5.41) is 5.25. The van der Waals surface area contributed by atoms with Gasteiger partial charge in [0.25, 0.3) is 0 Å². The third-order valence-electron chi connectivity index (χ3n) is 3.25. The van der Waals surface area contributed by atoms with Crippen molar-refractivity contribution < 1.29 is 14.3 Å². The van der Waals surface area contributed by atoms with E-state index in [9.17, 15) is 9.59 Å². The van der Waals surface area contributed by atoms with Gasteiger partial charge in [-0.1, -0.05) is 19.1 Å². The fraction of sp³-hybridized carbons (Fsp3) is 0.467. The zero-order chi connectivity index (χ0) is 15.1. The summed E-state index contributed by atoms with van der Waals surface area (Å²) >= 11 is 0. The molecular formula is C15H21N3O3. The van der Waals surface area contributed by atoms with Crippen molar-refractivity contribution in [3.05, 3.63) is 24.3 Å². The Morgan fingerprint density at radius 3 is 2.62 bits per heavy atom. The van der Waals surface area contributed by atoms with Crippen LogP contribution in [0.25, 0.3) is 0 Å². The lowest BCUT2D eigenvalue weighted by molar-refractivity contribution is -0.136. The van der Waals surface area contributed by atoms with Crippen LogP contribution in [0.15, 0.2) is 24.3 Å². The summed E-state index contributed by atoms with van der Waals surface area (Å²) in [5.41, 5.74) is 1.56. The van der Waals surface area contributed by atoms with Gasteiger partial charge < -0.3 is 20.3 Å². The summed E-state index contributed by atoms with van der Waals surface area (Å²) < 4.78 is 5.33. The van der Waals surface area contributed by atoms with Crippen molar-refractivity contribution in [2.45, 2.75) is 13.3 Å². The molecule has 0 atom stereocenters. The summed E-state index contributed by atoms with van der Waals surface area (Å²) in [4.78, 5) is 25.7. The third-order valence-corrected chi connectivity index (χ3v) is 3.25. The molecule has 21 heavy (non-hydrogen) atoms. The predicted octanol–water partition coefficient (Wildman–Crippen LogP) is 0.988. The number of carbonyl (C=O) groups excluding carboxylic acids is 2. The van der Waals surface area contributed by atoms with Gasteiger partial charge >= 0.3 is 11.8 Å². The maximum atomic E-state index is 11.9. The molecule has 0 radical (unpaired) electrons. The number of hydrogen-bond acceptors (Lipinski definition) is 4. The summed E-state index contributed by atoms with van der Waals surface area (Å²) in [7, 11) is 0. The Morgan fingerprint density at radius 1 is 1.19 bits per heavy atom. The molecule has 114 valence electrons. The monoisotopic (exact) mass is 291 g/mol. The highest BCUT2D eigenvalue weighted by atomic mass is 16.5. The van der Waals surface area contributed by atoms with E-state index in [1.54, 1.807) is 6.07 Å². The van der Waals surface area contributed by atoms with Gasteiger partial charge in [-0.3, -0.25) is 9.59 Å². The maximum Gasteiger partial charge on any atom is 0.313 e. The number of para-hydroxylation sites is 2. The molecule has 1 aliphatic rings. The van der Waals surface area contributed by atoms with E-state index in [0.29, 0.717) is 25.4 Å². The highest BCUT2D eigenvalue weighted by molar-refractivity contribution is 6.39. The van der Waals surface area contributed by atoms with Crippen LogP contribution in [0.3, 0.4) is 0 Å². The summed E-state index contributed by atoms with van der Waals surface area (Å²) in [5.74, 6) is -1.24. The second-order valence-corrected chi connectivity index (χ2v) is 4.83. The first-order valence-electron chi connectivity index (χ1n) is 7.23. The molecule has 0 spiro atoms. The topological polar surface area (TPSA) is 70.7 Å². The zero-order valence-electron chi connectivity index (χ0n) is 12.2. The van der Waals surface area contributed by atoms with Gasteiger partial charge in [0.15, 0.2) is 0 Å². The van der Waals surface area contributed by atoms with Crippen LogP contribution >= 0.6 is 0 Å². The second kappa shape index (κ2) is 7.64. The van der Waals surface area contributed by atoms with Gasteiger partial charge in [0.05, 0.1) is 24.6 Å². The normalized spacial score (nSPS) is 14.6. The van der Waals surface area contributed by atoms with Gasteiger partial charge in [-0.15, -0.1) is 0 Å². The molecule has 2 N–H and O–H groups in total. The van der Waals surface area contributed by atoms with Crippen LogP contribution in [0.2, 0.25) is 0 Å². The van der Waals surface area contributed by atoms with E-state index in [1.807, 2.05) is 25.1 Å². The molecule has 1 aromatic carbocycles. The molecule has 0 saturated carbocycles. The fourth-order valence-corrected chi connectivity index (χ4v) is 2.16. The van der Waals surface area contributed by atoms with E-state index in [1.165, 1.54) is 0 Å². The zero-order valence-corrected chi connectivity index (χ0v) is 12.2. The van der Waals surface area contributed by atoms with Crippen LogP contribution in [0, 0.1) is 0 Å². The summed E-state index contributed by atoms with van der Waals surface area (Å²) in [6.45, 7) is 5.31. The molecule has 2 amide bonds. The largest absolute Gasteiger partial charge is 0.378 e. The molecule has 1 fully saturated rings. The molecule has 1 aromatic rings. The van der Waals surface area contributed by atoms with Gasteiger partial charge in [0.2, 0.25) is 0 Å². The fourth-order valence-electron chi connectivity index (χ4n) is 2.16. The van der Waals surface area contributed by atoms with Crippen molar-refractivity contribution in [2.24, 2.45) is 0 Å². The molecule has 0 bridgehead atoms. The minimum atomic E-state index is -0.635.